The Morgan fingerprint density at radius 2 is 1.74 bits per heavy atom. The Kier molecular flexibility index (Phi) is 6.87. The average Bonchev–Trinajstić information content (AvgIpc) is 3.09. The van der Waals surface area contributed by atoms with Gasteiger partial charge in [-0.05, 0) is 32.2 Å². The van der Waals surface area contributed by atoms with E-state index in [4.69, 9.17) is 0 Å². The van der Waals surface area contributed by atoms with Crippen LogP contribution in [-0.4, -0.2) is 60.5 Å². The quantitative estimate of drug-likeness (QED) is 0.853. The molecule has 3 rings (SSSR count). The maximum atomic E-state index is 12.1. The minimum absolute atomic E-state index is 0. The smallest absolute Gasteiger partial charge is 0.224 e. The Hall–Kier alpha value is -0.0300. The first kappa shape index (κ1) is 17.0. The summed E-state index contributed by atoms with van der Waals surface area (Å²) in [6, 6.07) is 1.30. The SMILES string of the molecule is Cl.Cl.O=C(CC1CCCN1)N1CCN(C2CC2)CC1. The van der Waals surface area contributed by atoms with Gasteiger partial charge >= 0.3 is 0 Å². The fourth-order valence-electron chi connectivity index (χ4n) is 3.05. The Morgan fingerprint density at radius 1 is 1.05 bits per heavy atom. The second-order valence-electron chi connectivity index (χ2n) is 5.65. The first-order valence-electron chi connectivity index (χ1n) is 7.08. The highest BCUT2D eigenvalue weighted by Crippen LogP contribution is 2.27. The molecule has 2 heterocycles. The Bertz CT molecular complexity index is 286. The molecule has 1 atom stereocenters. The minimum atomic E-state index is 0. The van der Waals surface area contributed by atoms with Crippen LogP contribution in [0.25, 0.3) is 0 Å². The summed E-state index contributed by atoms with van der Waals surface area (Å²) >= 11 is 0. The van der Waals surface area contributed by atoms with Gasteiger partial charge < -0.3 is 10.2 Å². The third kappa shape index (κ3) is 4.48. The summed E-state index contributed by atoms with van der Waals surface area (Å²) in [6.45, 7) is 5.17. The van der Waals surface area contributed by atoms with Crippen LogP contribution in [-0.2, 0) is 4.79 Å². The molecule has 2 aliphatic heterocycles. The molecule has 1 amide bonds. The first-order valence-corrected chi connectivity index (χ1v) is 7.08. The van der Waals surface area contributed by atoms with Gasteiger partial charge in [-0.15, -0.1) is 24.8 Å². The highest BCUT2D eigenvalue weighted by Gasteiger charge is 2.32. The zero-order valence-electron chi connectivity index (χ0n) is 11.3. The van der Waals surface area contributed by atoms with E-state index in [1.807, 2.05) is 0 Å². The second kappa shape index (κ2) is 7.67. The molecule has 2 saturated heterocycles. The molecule has 1 saturated carbocycles. The van der Waals surface area contributed by atoms with Crippen molar-refractivity contribution in [3.05, 3.63) is 0 Å². The molecule has 1 unspecified atom stereocenters. The molecule has 0 aromatic carbocycles. The van der Waals surface area contributed by atoms with E-state index in [1.54, 1.807) is 0 Å². The first-order chi connectivity index (χ1) is 8.33. The van der Waals surface area contributed by atoms with Crippen LogP contribution in [0.15, 0.2) is 0 Å². The lowest BCUT2D eigenvalue weighted by Crippen LogP contribution is -2.50. The molecular formula is C13H25Cl2N3O. The molecule has 1 N–H and O–H groups in total. The highest BCUT2D eigenvalue weighted by molar-refractivity contribution is 5.85. The standard InChI is InChI=1S/C13H23N3O.2ClH/c17-13(10-11-2-1-5-14-11)16-8-6-15(7-9-16)12-3-4-12;;/h11-12,14H,1-10H2;2*1H. The van der Waals surface area contributed by atoms with Gasteiger partial charge in [-0.25, -0.2) is 0 Å². The average molecular weight is 310 g/mol. The lowest BCUT2D eigenvalue weighted by Gasteiger charge is -2.35. The van der Waals surface area contributed by atoms with E-state index < -0.39 is 0 Å². The molecule has 0 bridgehead atoms. The van der Waals surface area contributed by atoms with E-state index in [0.29, 0.717) is 18.4 Å². The predicted molar refractivity (Wildman–Crippen MR) is 81.3 cm³/mol. The third-order valence-corrected chi connectivity index (χ3v) is 4.31. The van der Waals surface area contributed by atoms with Gasteiger partial charge in [0.1, 0.15) is 0 Å². The van der Waals surface area contributed by atoms with E-state index in [9.17, 15) is 4.79 Å². The normalized spacial score (nSPS) is 27.6. The van der Waals surface area contributed by atoms with Crippen LogP contribution in [0.1, 0.15) is 32.1 Å². The van der Waals surface area contributed by atoms with E-state index in [-0.39, 0.29) is 24.8 Å². The van der Waals surface area contributed by atoms with Crippen molar-refractivity contribution in [3.8, 4) is 0 Å². The van der Waals surface area contributed by atoms with E-state index in [2.05, 4.69) is 15.1 Å². The number of carbonyl (C=O) groups excluding carboxylic acids is 1. The molecule has 0 spiro atoms. The number of halogens is 2. The Balaban J connectivity index is 0.000000902. The van der Waals surface area contributed by atoms with Crippen LogP contribution in [0.2, 0.25) is 0 Å². The number of nitrogens with zero attached hydrogens (tertiary/aromatic N) is 2. The van der Waals surface area contributed by atoms with Gasteiger partial charge in [0.15, 0.2) is 0 Å². The lowest BCUT2D eigenvalue weighted by molar-refractivity contribution is -0.133. The minimum Gasteiger partial charge on any atom is -0.340 e. The van der Waals surface area contributed by atoms with Gasteiger partial charge in [0.25, 0.3) is 0 Å². The summed E-state index contributed by atoms with van der Waals surface area (Å²) < 4.78 is 0. The van der Waals surface area contributed by atoms with Gasteiger partial charge in [0.2, 0.25) is 5.91 Å². The highest BCUT2D eigenvalue weighted by atomic mass is 35.5. The Labute approximate surface area is 128 Å². The number of carbonyl (C=O) groups is 1. The van der Waals surface area contributed by atoms with Crippen molar-refractivity contribution in [1.29, 1.82) is 0 Å². The van der Waals surface area contributed by atoms with Gasteiger partial charge in [0.05, 0.1) is 0 Å². The summed E-state index contributed by atoms with van der Waals surface area (Å²) in [6.07, 6.45) is 5.87. The summed E-state index contributed by atoms with van der Waals surface area (Å²) in [5, 5.41) is 3.41. The zero-order chi connectivity index (χ0) is 11.7. The van der Waals surface area contributed by atoms with Crippen molar-refractivity contribution < 1.29 is 4.79 Å². The number of hydrogen-bond donors (Lipinski definition) is 1. The summed E-state index contributed by atoms with van der Waals surface area (Å²) in [4.78, 5) is 16.7. The summed E-state index contributed by atoms with van der Waals surface area (Å²) in [5.74, 6) is 0.361. The van der Waals surface area contributed by atoms with Crippen LogP contribution in [0.3, 0.4) is 0 Å². The topological polar surface area (TPSA) is 35.6 Å². The maximum absolute atomic E-state index is 12.1. The number of hydrogen-bond acceptors (Lipinski definition) is 3. The molecule has 0 radical (unpaired) electrons. The molecule has 0 aromatic heterocycles. The van der Waals surface area contributed by atoms with Crippen molar-refractivity contribution in [2.45, 2.75) is 44.2 Å². The number of amides is 1. The predicted octanol–water partition coefficient (Wildman–Crippen LogP) is 1.28. The second-order valence-corrected chi connectivity index (χ2v) is 5.65. The van der Waals surface area contributed by atoms with Gasteiger partial charge in [-0.3, -0.25) is 9.69 Å². The third-order valence-electron chi connectivity index (χ3n) is 4.31. The molecule has 19 heavy (non-hydrogen) atoms. The number of rotatable bonds is 3. The fraction of sp³-hybridized carbons (Fsp3) is 0.923. The molecular weight excluding hydrogens is 285 g/mol. The van der Waals surface area contributed by atoms with E-state index >= 15 is 0 Å². The van der Waals surface area contributed by atoms with Crippen LogP contribution < -0.4 is 5.32 Å². The van der Waals surface area contributed by atoms with Crippen molar-refractivity contribution in [2.24, 2.45) is 0 Å². The van der Waals surface area contributed by atoms with Crippen LogP contribution in [0, 0.1) is 0 Å². The van der Waals surface area contributed by atoms with Crippen molar-refractivity contribution in [1.82, 2.24) is 15.1 Å². The van der Waals surface area contributed by atoms with Gasteiger partial charge in [-0.1, -0.05) is 0 Å². The molecule has 3 aliphatic rings. The molecule has 6 heteroatoms. The molecule has 4 nitrogen and oxygen atoms in total. The Morgan fingerprint density at radius 3 is 2.26 bits per heavy atom. The van der Waals surface area contributed by atoms with Gasteiger partial charge in [0, 0.05) is 44.7 Å². The number of piperazine rings is 1. The van der Waals surface area contributed by atoms with Gasteiger partial charge in [-0.2, -0.15) is 0 Å². The van der Waals surface area contributed by atoms with Crippen molar-refractivity contribution in [3.63, 3.8) is 0 Å². The van der Waals surface area contributed by atoms with Crippen LogP contribution in [0.4, 0.5) is 0 Å². The van der Waals surface area contributed by atoms with Crippen LogP contribution in [0.5, 0.6) is 0 Å². The maximum Gasteiger partial charge on any atom is 0.224 e. The molecule has 0 aromatic rings. The molecule has 3 fully saturated rings. The fourth-order valence-corrected chi connectivity index (χ4v) is 3.05. The molecule has 1 aliphatic carbocycles. The zero-order valence-corrected chi connectivity index (χ0v) is 13.0. The monoisotopic (exact) mass is 309 g/mol. The molecule has 112 valence electrons. The van der Waals surface area contributed by atoms with E-state index in [0.717, 1.165) is 38.8 Å². The largest absolute Gasteiger partial charge is 0.340 e. The van der Waals surface area contributed by atoms with Crippen LogP contribution >= 0.6 is 24.8 Å². The lowest BCUT2D eigenvalue weighted by atomic mass is 10.1. The number of nitrogens with one attached hydrogen (secondary N) is 1. The van der Waals surface area contributed by atoms with Crippen molar-refractivity contribution in [2.75, 3.05) is 32.7 Å². The summed E-state index contributed by atoms with van der Waals surface area (Å²) in [5.41, 5.74) is 0. The summed E-state index contributed by atoms with van der Waals surface area (Å²) in [7, 11) is 0. The van der Waals surface area contributed by atoms with E-state index in [1.165, 1.54) is 25.7 Å². The van der Waals surface area contributed by atoms with Crippen molar-refractivity contribution >= 4 is 30.7 Å².